The van der Waals surface area contributed by atoms with E-state index in [1.807, 2.05) is 85.8 Å². The Labute approximate surface area is 261 Å². The lowest BCUT2D eigenvalue weighted by Crippen LogP contribution is -2.57. The SMILES string of the molecule is CC[C@@]12/C=C\CCCCOC(=O)[C@@H]1[C@H]1C(=O)N([C@H](CO)c3ccccc3)C3C(=O)N(Cn4nnc5ccccc54)CC=C[C@@]31O2. The van der Waals surface area contributed by atoms with Crippen LogP contribution in [0.25, 0.3) is 11.0 Å². The van der Waals surface area contributed by atoms with E-state index < -0.39 is 53.6 Å². The highest BCUT2D eigenvalue weighted by atomic mass is 16.6. The van der Waals surface area contributed by atoms with Gasteiger partial charge in [-0.1, -0.05) is 78.9 Å². The van der Waals surface area contributed by atoms with Crippen molar-refractivity contribution < 1.29 is 29.0 Å². The summed E-state index contributed by atoms with van der Waals surface area (Å²) in [6.07, 6.45) is 10.3. The molecule has 1 unspecified atom stereocenters. The van der Waals surface area contributed by atoms with Crippen molar-refractivity contribution in [1.82, 2.24) is 24.8 Å². The zero-order valence-corrected chi connectivity index (χ0v) is 25.2. The fourth-order valence-electron chi connectivity index (χ4n) is 7.70. The lowest BCUT2D eigenvalue weighted by atomic mass is 9.73. The molecule has 2 aromatic carbocycles. The van der Waals surface area contributed by atoms with Crippen LogP contribution in [0.5, 0.6) is 0 Å². The van der Waals surface area contributed by atoms with Crippen molar-refractivity contribution in [2.75, 3.05) is 19.8 Å². The summed E-state index contributed by atoms with van der Waals surface area (Å²) in [5, 5.41) is 19.3. The zero-order chi connectivity index (χ0) is 31.2. The number of likely N-dealkylation sites (tertiary alicyclic amines) is 1. The predicted octanol–water partition coefficient (Wildman–Crippen LogP) is 3.17. The number of amides is 2. The number of rotatable bonds is 6. The van der Waals surface area contributed by atoms with Crippen molar-refractivity contribution in [3.8, 4) is 0 Å². The molecule has 0 aliphatic carbocycles. The van der Waals surface area contributed by atoms with Gasteiger partial charge in [0.15, 0.2) is 0 Å². The van der Waals surface area contributed by atoms with Gasteiger partial charge >= 0.3 is 5.97 Å². The minimum Gasteiger partial charge on any atom is -0.465 e. The summed E-state index contributed by atoms with van der Waals surface area (Å²) < 4.78 is 14.5. The third kappa shape index (κ3) is 4.59. The highest BCUT2D eigenvalue weighted by molar-refractivity contribution is 5.99. The quantitative estimate of drug-likeness (QED) is 0.333. The molecular weight excluding hydrogens is 574 g/mol. The molecule has 0 saturated carbocycles. The van der Waals surface area contributed by atoms with E-state index in [0.29, 0.717) is 23.9 Å². The number of aromatic nitrogens is 3. The molecule has 1 N–H and O–H groups in total. The van der Waals surface area contributed by atoms with Crippen molar-refractivity contribution in [1.29, 1.82) is 0 Å². The summed E-state index contributed by atoms with van der Waals surface area (Å²) in [5.41, 5.74) is -0.487. The second-order valence-electron chi connectivity index (χ2n) is 12.2. The van der Waals surface area contributed by atoms with Crippen LogP contribution in [0.1, 0.15) is 44.2 Å². The van der Waals surface area contributed by atoms with Gasteiger partial charge in [-0.2, -0.15) is 0 Å². The standard InChI is InChI=1S/C34H37N5O6/c1-2-33-17-10-3-4-11-20-44-32(43)28(33)27-30(41)39(26(21-40)23-13-6-5-7-14-23)29-31(42)37(19-12-18-34(27,29)45-33)22-38-25-16-9-8-15-24(25)35-36-38/h5-10,12-18,26-29,40H,2-4,11,19-22H2,1H3/b17-10-/t26-,27+,28+,29?,33-,34+/m1/s1. The Morgan fingerprint density at radius 3 is 2.58 bits per heavy atom. The number of esters is 1. The Bertz CT molecular complexity index is 1670. The number of allylic oxidation sites excluding steroid dienone is 1. The smallest absolute Gasteiger partial charge is 0.313 e. The lowest BCUT2D eigenvalue weighted by Gasteiger charge is -2.41. The maximum absolute atomic E-state index is 14.9. The van der Waals surface area contributed by atoms with Crippen LogP contribution in [0, 0.1) is 11.8 Å². The van der Waals surface area contributed by atoms with E-state index in [2.05, 4.69) is 10.3 Å². The largest absolute Gasteiger partial charge is 0.465 e. The molecule has 7 rings (SSSR count). The van der Waals surface area contributed by atoms with Gasteiger partial charge in [-0.25, -0.2) is 4.68 Å². The van der Waals surface area contributed by atoms with Gasteiger partial charge in [0.2, 0.25) is 5.91 Å². The lowest BCUT2D eigenvalue weighted by molar-refractivity contribution is -0.163. The summed E-state index contributed by atoms with van der Waals surface area (Å²) in [6.45, 7) is 2.07. The molecule has 4 aliphatic rings. The van der Waals surface area contributed by atoms with E-state index >= 15 is 0 Å². The fraction of sp³-hybridized carbons (Fsp3) is 0.441. The summed E-state index contributed by atoms with van der Waals surface area (Å²) >= 11 is 0. The molecule has 0 radical (unpaired) electrons. The van der Waals surface area contributed by atoms with E-state index in [0.717, 1.165) is 18.4 Å². The van der Waals surface area contributed by atoms with Gasteiger partial charge in [0.25, 0.3) is 5.91 Å². The first-order valence-electron chi connectivity index (χ1n) is 15.7. The van der Waals surface area contributed by atoms with Crippen LogP contribution in [0.3, 0.4) is 0 Å². The molecule has 1 aromatic heterocycles. The molecule has 1 spiro atoms. The molecule has 3 aromatic rings. The molecule has 45 heavy (non-hydrogen) atoms. The van der Waals surface area contributed by atoms with Crippen molar-refractivity contribution in [3.63, 3.8) is 0 Å². The van der Waals surface area contributed by atoms with Crippen LogP contribution in [-0.2, 0) is 30.5 Å². The number of cyclic esters (lactones) is 1. The number of nitrogens with zero attached hydrogens (tertiary/aromatic N) is 5. The number of carbonyl (C=O) groups excluding carboxylic acids is 3. The number of carbonyl (C=O) groups is 3. The minimum absolute atomic E-state index is 0.0857. The van der Waals surface area contributed by atoms with Gasteiger partial charge in [0, 0.05) is 6.54 Å². The van der Waals surface area contributed by atoms with E-state index in [1.54, 1.807) is 9.58 Å². The first-order valence-corrected chi connectivity index (χ1v) is 15.7. The molecule has 0 bridgehead atoms. The molecule has 2 amide bonds. The second-order valence-corrected chi connectivity index (χ2v) is 12.2. The van der Waals surface area contributed by atoms with Gasteiger partial charge in [-0.15, -0.1) is 5.10 Å². The first kappa shape index (κ1) is 29.4. The average Bonchev–Trinajstić information content (AvgIpc) is 3.64. The van der Waals surface area contributed by atoms with Gasteiger partial charge in [0.05, 0.1) is 30.7 Å². The number of ether oxygens (including phenoxy) is 2. The summed E-state index contributed by atoms with van der Waals surface area (Å²) in [5.74, 6) is -3.30. The molecule has 6 atom stereocenters. The number of para-hydroxylation sites is 1. The van der Waals surface area contributed by atoms with Gasteiger partial charge in [-0.3, -0.25) is 14.4 Å². The molecule has 11 heteroatoms. The third-order valence-corrected chi connectivity index (χ3v) is 9.82. The topological polar surface area (TPSA) is 127 Å². The van der Waals surface area contributed by atoms with Crippen LogP contribution < -0.4 is 0 Å². The predicted molar refractivity (Wildman–Crippen MR) is 163 cm³/mol. The number of aliphatic hydroxyl groups excluding tert-OH is 1. The van der Waals surface area contributed by atoms with Crippen molar-refractivity contribution >= 4 is 28.8 Å². The van der Waals surface area contributed by atoms with Crippen LogP contribution in [0.15, 0.2) is 78.9 Å². The Balaban J connectivity index is 1.37. The van der Waals surface area contributed by atoms with Crippen molar-refractivity contribution in [3.05, 3.63) is 84.5 Å². The third-order valence-electron chi connectivity index (χ3n) is 9.82. The van der Waals surface area contributed by atoms with Crippen LogP contribution in [-0.4, -0.2) is 84.7 Å². The Morgan fingerprint density at radius 2 is 1.78 bits per heavy atom. The highest BCUT2D eigenvalue weighted by Gasteiger charge is 2.76. The summed E-state index contributed by atoms with van der Waals surface area (Å²) in [7, 11) is 0. The van der Waals surface area contributed by atoms with E-state index in [1.165, 1.54) is 4.90 Å². The van der Waals surface area contributed by atoms with Crippen molar-refractivity contribution in [2.24, 2.45) is 11.8 Å². The molecule has 234 valence electrons. The molecule has 11 nitrogen and oxygen atoms in total. The maximum Gasteiger partial charge on any atom is 0.313 e. The number of benzene rings is 2. The molecule has 2 saturated heterocycles. The Kier molecular flexibility index (Phi) is 7.53. The van der Waals surface area contributed by atoms with Gasteiger partial charge in [-0.05, 0) is 43.4 Å². The van der Waals surface area contributed by atoms with E-state index in [4.69, 9.17) is 9.47 Å². The first-order chi connectivity index (χ1) is 21.9. The number of hydrogen-bond acceptors (Lipinski definition) is 8. The Morgan fingerprint density at radius 1 is 0.978 bits per heavy atom. The van der Waals surface area contributed by atoms with Gasteiger partial charge in [0.1, 0.15) is 35.3 Å². The Hall–Kier alpha value is -4.35. The summed E-state index contributed by atoms with van der Waals surface area (Å²) in [6, 6.07) is 14.6. The molecule has 4 aliphatic heterocycles. The fourth-order valence-corrected chi connectivity index (χ4v) is 7.70. The van der Waals surface area contributed by atoms with Gasteiger partial charge < -0.3 is 24.4 Å². The number of fused-ring (bicyclic) bond motifs is 3. The number of aliphatic hydroxyl groups is 1. The molecular formula is C34H37N5O6. The zero-order valence-electron chi connectivity index (χ0n) is 25.2. The van der Waals surface area contributed by atoms with Crippen LogP contribution >= 0.6 is 0 Å². The second kappa shape index (κ2) is 11.5. The van der Waals surface area contributed by atoms with Crippen molar-refractivity contribution in [2.45, 2.75) is 62.6 Å². The van der Waals surface area contributed by atoms with Crippen LogP contribution in [0.2, 0.25) is 0 Å². The normalized spacial score (nSPS) is 31.2. The highest BCUT2D eigenvalue weighted by Crippen LogP contribution is 2.59. The average molecular weight is 612 g/mol. The number of hydrogen-bond donors (Lipinski definition) is 1. The van der Waals surface area contributed by atoms with E-state index in [-0.39, 0.29) is 25.7 Å². The molecule has 5 heterocycles. The monoisotopic (exact) mass is 611 g/mol. The van der Waals surface area contributed by atoms with Crippen LogP contribution in [0.4, 0.5) is 0 Å². The summed E-state index contributed by atoms with van der Waals surface area (Å²) in [4.78, 5) is 46.8. The maximum atomic E-state index is 14.9. The minimum atomic E-state index is -1.48. The molecule has 2 fully saturated rings. The van der Waals surface area contributed by atoms with E-state index in [9.17, 15) is 19.5 Å².